The van der Waals surface area contributed by atoms with Crippen molar-refractivity contribution in [2.24, 2.45) is 5.92 Å². The molecule has 0 bridgehead atoms. The zero-order chi connectivity index (χ0) is 14.7. The van der Waals surface area contributed by atoms with Gasteiger partial charge in [-0.05, 0) is 38.0 Å². The van der Waals surface area contributed by atoms with Crippen molar-refractivity contribution in [2.45, 2.75) is 102 Å². The van der Waals surface area contributed by atoms with Crippen LogP contribution in [-0.2, 0) is 0 Å². The smallest absolute Gasteiger partial charge is 0.0337 e. The lowest BCUT2D eigenvalue weighted by Gasteiger charge is -2.56. The van der Waals surface area contributed by atoms with Crippen LogP contribution in [0.4, 0.5) is 0 Å². The van der Waals surface area contributed by atoms with Crippen molar-refractivity contribution in [1.29, 1.82) is 0 Å². The Balaban J connectivity index is 1.72. The van der Waals surface area contributed by atoms with Crippen LogP contribution in [0.25, 0.3) is 0 Å². The third kappa shape index (κ3) is 3.64. The summed E-state index contributed by atoms with van der Waals surface area (Å²) in [5.41, 5.74) is 0.522. The van der Waals surface area contributed by atoms with Crippen LogP contribution < -0.4 is 5.32 Å². The number of nitrogens with zero attached hydrogens (tertiary/aromatic N) is 1. The summed E-state index contributed by atoms with van der Waals surface area (Å²) in [6.45, 7) is 7.33. The molecule has 3 fully saturated rings. The van der Waals surface area contributed by atoms with Gasteiger partial charge >= 0.3 is 0 Å². The van der Waals surface area contributed by atoms with E-state index in [1.807, 2.05) is 0 Å². The first-order valence-corrected chi connectivity index (χ1v) is 9.70. The van der Waals surface area contributed by atoms with Crippen LogP contribution in [0.2, 0.25) is 0 Å². The van der Waals surface area contributed by atoms with Crippen LogP contribution in [0, 0.1) is 5.92 Å². The van der Waals surface area contributed by atoms with Crippen molar-refractivity contribution in [3.8, 4) is 0 Å². The second-order valence-electron chi connectivity index (χ2n) is 8.44. The van der Waals surface area contributed by atoms with Gasteiger partial charge < -0.3 is 5.32 Å². The molecule has 2 heteroatoms. The van der Waals surface area contributed by atoms with Gasteiger partial charge in [0.1, 0.15) is 0 Å². The molecule has 0 amide bonds. The molecule has 1 saturated heterocycles. The predicted octanol–water partition coefficient (Wildman–Crippen LogP) is 4.34. The average Bonchev–Trinajstić information content (AvgIpc) is 2.51. The van der Waals surface area contributed by atoms with Gasteiger partial charge in [0.05, 0.1) is 0 Å². The molecule has 0 radical (unpaired) electrons. The molecule has 122 valence electrons. The van der Waals surface area contributed by atoms with Crippen molar-refractivity contribution < 1.29 is 0 Å². The molecular weight excluding hydrogens is 256 g/mol. The largest absolute Gasteiger partial charge is 0.311 e. The molecular formula is C19H36N2. The minimum atomic E-state index is 0.522. The van der Waals surface area contributed by atoms with E-state index in [-0.39, 0.29) is 0 Å². The van der Waals surface area contributed by atoms with Crippen LogP contribution in [0.15, 0.2) is 0 Å². The van der Waals surface area contributed by atoms with Gasteiger partial charge in [-0.15, -0.1) is 0 Å². The van der Waals surface area contributed by atoms with E-state index in [1.165, 1.54) is 83.7 Å². The van der Waals surface area contributed by atoms with E-state index in [0.29, 0.717) is 5.54 Å². The zero-order valence-corrected chi connectivity index (χ0v) is 14.4. The highest BCUT2D eigenvalue weighted by Crippen LogP contribution is 2.40. The molecule has 0 aromatic heterocycles. The zero-order valence-electron chi connectivity index (χ0n) is 14.4. The van der Waals surface area contributed by atoms with Crippen molar-refractivity contribution >= 4 is 0 Å². The summed E-state index contributed by atoms with van der Waals surface area (Å²) in [6.07, 6.45) is 16.0. The Morgan fingerprint density at radius 2 is 1.67 bits per heavy atom. The van der Waals surface area contributed by atoms with Crippen LogP contribution in [0.5, 0.6) is 0 Å². The molecule has 3 aliphatic rings. The summed E-state index contributed by atoms with van der Waals surface area (Å²) in [4.78, 5) is 3.02. The maximum absolute atomic E-state index is 3.94. The molecule has 1 N–H and O–H groups in total. The SMILES string of the molecule is CC(C)CC1CN(C2CCCCC2)C2(CCCCC2)CN1. The average molecular weight is 293 g/mol. The number of nitrogens with one attached hydrogen (secondary N) is 1. The van der Waals surface area contributed by atoms with E-state index in [9.17, 15) is 0 Å². The minimum absolute atomic E-state index is 0.522. The fourth-order valence-electron chi connectivity index (χ4n) is 5.26. The topological polar surface area (TPSA) is 15.3 Å². The molecule has 0 aromatic rings. The molecule has 2 nitrogen and oxygen atoms in total. The van der Waals surface area contributed by atoms with E-state index in [4.69, 9.17) is 0 Å². The lowest BCUT2D eigenvalue weighted by molar-refractivity contribution is -0.0355. The quantitative estimate of drug-likeness (QED) is 0.832. The number of hydrogen-bond donors (Lipinski definition) is 1. The summed E-state index contributed by atoms with van der Waals surface area (Å²) in [5.74, 6) is 0.816. The van der Waals surface area contributed by atoms with Gasteiger partial charge in [-0.1, -0.05) is 52.4 Å². The fraction of sp³-hybridized carbons (Fsp3) is 1.00. The normalized spacial score (nSPS) is 31.9. The third-order valence-electron chi connectivity index (χ3n) is 6.30. The number of hydrogen-bond acceptors (Lipinski definition) is 2. The van der Waals surface area contributed by atoms with Gasteiger partial charge in [0, 0.05) is 30.7 Å². The predicted molar refractivity (Wildman–Crippen MR) is 90.6 cm³/mol. The van der Waals surface area contributed by atoms with Gasteiger partial charge in [-0.2, -0.15) is 0 Å². The van der Waals surface area contributed by atoms with Gasteiger partial charge in [-0.25, -0.2) is 0 Å². The highest BCUT2D eigenvalue weighted by molar-refractivity contribution is 5.03. The van der Waals surface area contributed by atoms with Crippen LogP contribution >= 0.6 is 0 Å². The van der Waals surface area contributed by atoms with Gasteiger partial charge in [-0.3, -0.25) is 4.90 Å². The third-order valence-corrected chi connectivity index (χ3v) is 6.30. The van der Waals surface area contributed by atoms with Crippen LogP contribution in [0.3, 0.4) is 0 Å². The Morgan fingerprint density at radius 1 is 1.00 bits per heavy atom. The second-order valence-corrected chi connectivity index (χ2v) is 8.44. The molecule has 1 atom stereocenters. The summed E-state index contributed by atoms with van der Waals surface area (Å²) in [7, 11) is 0. The molecule has 2 saturated carbocycles. The maximum atomic E-state index is 3.94. The number of piperazine rings is 1. The van der Waals surface area contributed by atoms with E-state index in [1.54, 1.807) is 0 Å². The lowest BCUT2D eigenvalue weighted by Crippen LogP contribution is -2.68. The standard InChI is InChI=1S/C19H36N2/c1-16(2)13-17-14-21(18-9-5-3-6-10-18)19(15-20-17)11-7-4-8-12-19/h16-18,20H,3-15H2,1-2H3. The monoisotopic (exact) mass is 292 g/mol. The van der Waals surface area contributed by atoms with E-state index < -0.39 is 0 Å². The molecule has 0 aromatic carbocycles. The maximum Gasteiger partial charge on any atom is 0.0337 e. The molecule has 2 aliphatic carbocycles. The van der Waals surface area contributed by atoms with E-state index in [2.05, 4.69) is 24.1 Å². The van der Waals surface area contributed by atoms with Gasteiger partial charge in [0.2, 0.25) is 0 Å². The first-order valence-electron chi connectivity index (χ1n) is 9.70. The van der Waals surface area contributed by atoms with E-state index in [0.717, 1.165) is 18.0 Å². The van der Waals surface area contributed by atoms with E-state index >= 15 is 0 Å². The first kappa shape index (κ1) is 15.8. The Kier molecular flexibility index (Phi) is 5.27. The summed E-state index contributed by atoms with van der Waals surface area (Å²) in [6, 6.07) is 1.63. The highest BCUT2D eigenvalue weighted by Gasteiger charge is 2.44. The molecule has 1 unspecified atom stereocenters. The molecule has 1 heterocycles. The molecule has 21 heavy (non-hydrogen) atoms. The first-order chi connectivity index (χ1) is 10.2. The Morgan fingerprint density at radius 3 is 2.33 bits per heavy atom. The Hall–Kier alpha value is -0.0800. The van der Waals surface area contributed by atoms with Crippen molar-refractivity contribution in [3.05, 3.63) is 0 Å². The highest BCUT2D eigenvalue weighted by atomic mass is 15.3. The van der Waals surface area contributed by atoms with Crippen LogP contribution in [0.1, 0.15) is 84.5 Å². The summed E-state index contributed by atoms with van der Waals surface area (Å²) in [5, 5.41) is 3.94. The lowest BCUT2D eigenvalue weighted by atomic mass is 9.75. The minimum Gasteiger partial charge on any atom is -0.311 e. The van der Waals surface area contributed by atoms with Gasteiger partial charge in [0.15, 0.2) is 0 Å². The number of rotatable bonds is 3. The Bertz CT molecular complexity index is 314. The Labute approximate surface area is 132 Å². The summed E-state index contributed by atoms with van der Waals surface area (Å²) >= 11 is 0. The molecule has 1 aliphatic heterocycles. The van der Waals surface area contributed by atoms with Crippen molar-refractivity contribution in [3.63, 3.8) is 0 Å². The van der Waals surface area contributed by atoms with Gasteiger partial charge in [0.25, 0.3) is 0 Å². The second kappa shape index (κ2) is 7.00. The van der Waals surface area contributed by atoms with Crippen molar-refractivity contribution in [1.82, 2.24) is 10.2 Å². The van der Waals surface area contributed by atoms with Crippen LogP contribution in [-0.4, -0.2) is 35.6 Å². The summed E-state index contributed by atoms with van der Waals surface area (Å²) < 4.78 is 0. The van der Waals surface area contributed by atoms with Crippen molar-refractivity contribution in [2.75, 3.05) is 13.1 Å². The fourth-order valence-corrected chi connectivity index (χ4v) is 5.26. The molecule has 3 rings (SSSR count). The molecule has 1 spiro atoms.